The van der Waals surface area contributed by atoms with E-state index in [1.165, 1.54) is 17.5 Å². The van der Waals surface area contributed by atoms with E-state index in [0.29, 0.717) is 6.42 Å². The Balaban J connectivity index is 1.51. The van der Waals surface area contributed by atoms with Gasteiger partial charge >= 0.3 is 11.9 Å². The van der Waals surface area contributed by atoms with Crippen LogP contribution in [0.4, 0.5) is 0 Å². The van der Waals surface area contributed by atoms with Gasteiger partial charge < -0.3 is 13.9 Å². The number of hydrogen-bond acceptors (Lipinski definition) is 5. The van der Waals surface area contributed by atoms with E-state index in [2.05, 4.69) is 12.1 Å². The number of rotatable bonds is 3. The molecule has 5 heteroatoms. The highest BCUT2D eigenvalue weighted by Gasteiger charge is 2.35. The van der Waals surface area contributed by atoms with Gasteiger partial charge in [0.15, 0.2) is 0 Å². The Morgan fingerprint density at radius 1 is 1.30 bits per heavy atom. The van der Waals surface area contributed by atoms with Crippen molar-refractivity contribution in [3.8, 4) is 0 Å². The quantitative estimate of drug-likeness (QED) is 0.815. The van der Waals surface area contributed by atoms with Crippen LogP contribution in [-0.2, 0) is 38.3 Å². The lowest BCUT2D eigenvalue weighted by molar-refractivity contribution is -0.160. The molecule has 4 rings (SSSR count). The lowest BCUT2D eigenvalue weighted by atomic mass is 10.0. The third kappa shape index (κ3) is 2.60. The molecule has 1 fully saturated rings. The molecule has 1 aromatic heterocycles. The number of hydrogen-bond donors (Lipinski definition) is 0. The zero-order valence-electron chi connectivity index (χ0n) is 13.0. The number of cyclic esters (lactones) is 1. The van der Waals surface area contributed by atoms with Crippen molar-refractivity contribution >= 4 is 22.9 Å². The lowest BCUT2D eigenvalue weighted by Crippen LogP contribution is -2.23. The molecule has 2 heterocycles. The zero-order valence-corrected chi connectivity index (χ0v) is 13.0. The van der Waals surface area contributed by atoms with Crippen LogP contribution < -0.4 is 0 Å². The van der Waals surface area contributed by atoms with Crippen LogP contribution in [0.3, 0.4) is 0 Å². The first-order valence-corrected chi connectivity index (χ1v) is 8.02. The predicted octanol–water partition coefficient (Wildman–Crippen LogP) is 2.71. The fraction of sp³-hybridized carbons (Fsp3) is 0.444. The molecule has 2 aromatic rings. The molecule has 2 atom stereocenters. The largest absolute Gasteiger partial charge is 0.464 e. The minimum Gasteiger partial charge on any atom is -0.464 e. The van der Waals surface area contributed by atoms with Crippen LogP contribution >= 0.6 is 0 Å². The van der Waals surface area contributed by atoms with E-state index in [9.17, 15) is 9.59 Å². The van der Waals surface area contributed by atoms with Gasteiger partial charge in [-0.25, -0.2) is 4.79 Å². The van der Waals surface area contributed by atoms with Crippen LogP contribution in [0, 0.1) is 0 Å². The molecule has 23 heavy (non-hydrogen) atoms. The maximum Gasteiger partial charge on any atom is 0.347 e. The van der Waals surface area contributed by atoms with Crippen LogP contribution in [0.5, 0.6) is 0 Å². The Kier molecular flexibility index (Phi) is 3.36. The number of fused-ring (bicyclic) bond motifs is 2. The van der Waals surface area contributed by atoms with Gasteiger partial charge in [-0.3, -0.25) is 4.79 Å². The highest BCUT2D eigenvalue weighted by atomic mass is 16.6. The standard InChI is InChI=1S/C18H18O5/c1-10-5-16(18(20)22-10)23-17(19)8-13-9-21-15-7-12-4-2-3-11(12)6-14(13)15/h6-7,9-10,16H,2-5,8H2,1H3/t10-,16+/m1/s1. The summed E-state index contributed by atoms with van der Waals surface area (Å²) in [6.45, 7) is 1.79. The van der Waals surface area contributed by atoms with Gasteiger partial charge in [0.05, 0.1) is 12.7 Å². The highest BCUT2D eigenvalue weighted by Crippen LogP contribution is 2.30. The summed E-state index contributed by atoms with van der Waals surface area (Å²) < 4.78 is 15.8. The van der Waals surface area contributed by atoms with E-state index in [1.54, 1.807) is 13.2 Å². The maximum atomic E-state index is 12.1. The number of carbonyl (C=O) groups is 2. The number of carbonyl (C=O) groups excluding carboxylic acids is 2. The summed E-state index contributed by atoms with van der Waals surface area (Å²) in [6, 6.07) is 4.19. The van der Waals surface area contributed by atoms with Crippen LogP contribution in [0.1, 0.15) is 36.5 Å². The molecule has 2 aliphatic rings. The van der Waals surface area contributed by atoms with Crippen LogP contribution in [0.25, 0.3) is 11.0 Å². The lowest BCUT2D eigenvalue weighted by Gasteiger charge is -2.07. The fourth-order valence-corrected chi connectivity index (χ4v) is 3.46. The van der Waals surface area contributed by atoms with Crippen molar-refractivity contribution in [3.63, 3.8) is 0 Å². The minimum absolute atomic E-state index is 0.101. The number of aryl methyl sites for hydroxylation is 2. The van der Waals surface area contributed by atoms with Gasteiger partial charge in [0.2, 0.25) is 6.10 Å². The second-order valence-electron chi connectivity index (χ2n) is 6.37. The number of furan rings is 1. The molecule has 1 saturated heterocycles. The minimum atomic E-state index is -0.778. The summed E-state index contributed by atoms with van der Waals surface area (Å²) in [5.74, 6) is -0.884. The van der Waals surface area contributed by atoms with Crippen molar-refractivity contribution in [2.75, 3.05) is 0 Å². The fourth-order valence-electron chi connectivity index (χ4n) is 3.46. The second-order valence-corrected chi connectivity index (χ2v) is 6.37. The molecular formula is C18H18O5. The Morgan fingerprint density at radius 3 is 2.83 bits per heavy atom. The van der Waals surface area contributed by atoms with Crippen LogP contribution in [-0.4, -0.2) is 24.1 Å². The van der Waals surface area contributed by atoms with Crippen molar-refractivity contribution in [2.45, 2.75) is 51.2 Å². The summed E-state index contributed by atoms with van der Waals surface area (Å²) in [6.07, 6.45) is 4.49. The van der Waals surface area contributed by atoms with Gasteiger partial charge in [0.1, 0.15) is 11.7 Å². The third-order valence-corrected chi connectivity index (χ3v) is 4.60. The van der Waals surface area contributed by atoms with Crippen molar-refractivity contribution in [2.24, 2.45) is 0 Å². The van der Waals surface area contributed by atoms with Gasteiger partial charge in [-0.15, -0.1) is 0 Å². The maximum absolute atomic E-state index is 12.1. The molecule has 1 aromatic carbocycles. The first-order valence-electron chi connectivity index (χ1n) is 8.02. The molecule has 120 valence electrons. The zero-order chi connectivity index (χ0) is 16.0. The molecule has 1 aliphatic heterocycles. The van der Waals surface area contributed by atoms with Crippen LogP contribution in [0.15, 0.2) is 22.8 Å². The van der Waals surface area contributed by atoms with Gasteiger partial charge in [-0.05, 0) is 49.4 Å². The molecular weight excluding hydrogens is 296 g/mol. The molecule has 0 bridgehead atoms. The third-order valence-electron chi connectivity index (χ3n) is 4.60. The summed E-state index contributed by atoms with van der Waals surface area (Å²) in [5, 5.41) is 0.963. The Morgan fingerprint density at radius 2 is 2.09 bits per heavy atom. The first-order chi connectivity index (χ1) is 11.1. The smallest absolute Gasteiger partial charge is 0.347 e. The van der Waals surface area contributed by atoms with Crippen molar-refractivity contribution in [1.29, 1.82) is 0 Å². The van der Waals surface area contributed by atoms with E-state index in [1.807, 2.05) is 0 Å². The molecule has 0 unspecified atom stereocenters. The average Bonchev–Trinajstić information content (AvgIpc) is 3.18. The van der Waals surface area contributed by atoms with Crippen LogP contribution in [0.2, 0.25) is 0 Å². The summed E-state index contributed by atoms with van der Waals surface area (Å²) in [4.78, 5) is 23.7. The Bertz CT molecular complexity index is 788. The second kappa shape index (κ2) is 5.41. The summed E-state index contributed by atoms with van der Waals surface area (Å²) >= 11 is 0. The van der Waals surface area contributed by atoms with Gasteiger partial charge in [0.25, 0.3) is 0 Å². The molecule has 0 amide bonds. The molecule has 0 saturated carbocycles. The Hall–Kier alpha value is -2.30. The van der Waals surface area contributed by atoms with E-state index in [0.717, 1.165) is 29.4 Å². The molecule has 0 N–H and O–H groups in total. The first kappa shape index (κ1) is 14.3. The molecule has 0 radical (unpaired) electrons. The molecule has 0 spiro atoms. The topological polar surface area (TPSA) is 65.7 Å². The SMILES string of the molecule is C[C@@H]1C[C@H](OC(=O)Cc2coc3cc4c(cc23)CCC4)C(=O)O1. The summed E-state index contributed by atoms with van der Waals surface area (Å²) in [7, 11) is 0. The molecule has 1 aliphatic carbocycles. The van der Waals surface area contributed by atoms with E-state index < -0.39 is 18.0 Å². The monoisotopic (exact) mass is 314 g/mol. The number of benzene rings is 1. The summed E-state index contributed by atoms with van der Waals surface area (Å²) in [5.41, 5.74) is 4.28. The van der Waals surface area contributed by atoms with Crippen molar-refractivity contribution in [1.82, 2.24) is 0 Å². The van der Waals surface area contributed by atoms with E-state index in [4.69, 9.17) is 13.9 Å². The molecule has 5 nitrogen and oxygen atoms in total. The van der Waals surface area contributed by atoms with E-state index in [-0.39, 0.29) is 12.5 Å². The number of ether oxygens (including phenoxy) is 2. The Labute approximate surface area is 133 Å². The van der Waals surface area contributed by atoms with Gasteiger partial charge in [0, 0.05) is 17.4 Å². The number of esters is 2. The van der Waals surface area contributed by atoms with Gasteiger partial charge in [-0.2, -0.15) is 0 Å². The van der Waals surface area contributed by atoms with Crippen molar-refractivity contribution < 1.29 is 23.5 Å². The highest BCUT2D eigenvalue weighted by molar-refractivity contribution is 5.88. The normalized spacial score (nSPS) is 23.1. The van der Waals surface area contributed by atoms with E-state index >= 15 is 0 Å². The van der Waals surface area contributed by atoms with Gasteiger partial charge in [-0.1, -0.05) is 0 Å². The predicted molar refractivity (Wildman–Crippen MR) is 82.0 cm³/mol. The van der Waals surface area contributed by atoms with Crippen molar-refractivity contribution in [3.05, 3.63) is 35.1 Å². The average molecular weight is 314 g/mol.